The topological polar surface area (TPSA) is 83.4 Å². The lowest BCUT2D eigenvalue weighted by Gasteiger charge is -2.23. The molecule has 9 heteroatoms. The molecule has 2 aromatic rings. The Hall–Kier alpha value is -2.26. The lowest BCUT2D eigenvalue weighted by atomic mass is 10.2. The molecule has 3 heterocycles. The van der Waals surface area contributed by atoms with Crippen molar-refractivity contribution in [2.24, 2.45) is 0 Å². The van der Waals surface area contributed by atoms with Crippen molar-refractivity contribution in [1.82, 2.24) is 24.6 Å². The van der Waals surface area contributed by atoms with E-state index in [1.54, 1.807) is 27.2 Å². The van der Waals surface area contributed by atoms with Gasteiger partial charge in [-0.3, -0.25) is 19.2 Å². The van der Waals surface area contributed by atoms with Crippen LogP contribution in [0.2, 0.25) is 0 Å². The zero-order valence-corrected chi connectivity index (χ0v) is 16.1. The standard InChI is InChI=1S/C17H24N6O2S/c1-12-15(16(25)21(2)3)26-17(19-12)20-14(24)11-22-8-4-6-13(22)10-23-9-5-7-18-23/h5,7,9,13H,4,6,8,10-11H2,1-3H3,(H,19,20,24). The number of thiazole rings is 1. The van der Waals surface area contributed by atoms with E-state index >= 15 is 0 Å². The van der Waals surface area contributed by atoms with Gasteiger partial charge in [-0.15, -0.1) is 0 Å². The van der Waals surface area contributed by atoms with Gasteiger partial charge in [0.15, 0.2) is 5.13 Å². The average Bonchev–Trinajstić information content (AvgIpc) is 3.30. The number of carbonyl (C=O) groups is 2. The van der Waals surface area contributed by atoms with Crippen LogP contribution in [0.1, 0.15) is 28.2 Å². The first-order valence-electron chi connectivity index (χ1n) is 8.64. The van der Waals surface area contributed by atoms with Crippen molar-refractivity contribution in [3.05, 3.63) is 29.0 Å². The molecule has 1 aliphatic heterocycles. The van der Waals surface area contributed by atoms with Crippen molar-refractivity contribution in [1.29, 1.82) is 0 Å². The molecule has 26 heavy (non-hydrogen) atoms. The van der Waals surface area contributed by atoms with E-state index in [1.807, 2.05) is 16.9 Å². The fourth-order valence-corrected chi connectivity index (χ4v) is 4.13. The Morgan fingerprint density at radius 1 is 1.42 bits per heavy atom. The number of hydrogen-bond acceptors (Lipinski definition) is 6. The van der Waals surface area contributed by atoms with Crippen LogP contribution in [0.15, 0.2) is 18.5 Å². The maximum Gasteiger partial charge on any atom is 0.265 e. The highest BCUT2D eigenvalue weighted by Crippen LogP contribution is 2.24. The summed E-state index contributed by atoms with van der Waals surface area (Å²) in [5, 5.41) is 7.56. The van der Waals surface area contributed by atoms with Gasteiger partial charge in [-0.25, -0.2) is 4.98 Å². The quantitative estimate of drug-likeness (QED) is 0.825. The summed E-state index contributed by atoms with van der Waals surface area (Å²) < 4.78 is 1.91. The number of nitrogens with one attached hydrogen (secondary N) is 1. The Balaban J connectivity index is 1.58. The highest BCUT2D eigenvalue weighted by Gasteiger charge is 2.27. The van der Waals surface area contributed by atoms with Crippen LogP contribution >= 0.6 is 11.3 Å². The molecule has 2 aromatic heterocycles. The van der Waals surface area contributed by atoms with Gasteiger partial charge < -0.3 is 10.2 Å². The number of aromatic nitrogens is 3. The Morgan fingerprint density at radius 3 is 2.92 bits per heavy atom. The van der Waals surface area contributed by atoms with E-state index < -0.39 is 0 Å². The third-order valence-electron chi connectivity index (χ3n) is 4.45. The number of aryl methyl sites for hydroxylation is 1. The predicted octanol–water partition coefficient (Wildman–Crippen LogP) is 1.45. The molecule has 1 saturated heterocycles. The van der Waals surface area contributed by atoms with E-state index in [-0.39, 0.29) is 11.8 Å². The first-order valence-corrected chi connectivity index (χ1v) is 9.46. The van der Waals surface area contributed by atoms with Gasteiger partial charge in [0.2, 0.25) is 5.91 Å². The van der Waals surface area contributed by atoms with Crippen LogP contribution in [-0.4, -0.2) is 69.6 Å². The van der Waals surface area contributed by atoms with Gasteiger partial charge in [0, 0.05) is 32.5 Å². The first-order chi connectivity index (χ1) is 12.4. The van der Waals surface area contributed by atoms with Gasteiger partial charge in [-0.05, 0) is 32.4 Å². The molecule has 1 atom stereocenters. The molecular weight excluding hydrogens is 352 g/mol. The molecule has 0 aliphatic carbocycles. The van der Waals surface area contributed by atoms with E-state index in [4.69, 9.17) is 0 Å². The smallest absolute Gasteiger partial charge is 0.265 e. The Bertz CT molecular complexity index is 770. The second-order valence-electron chi connectivity index (χ2n) is 6.68. The molecule has 0 spiro atoms. The zero-order valence-electron chi connectivity index (χ0n) is 15.3. The van der Waals surface area contributed by atoms with Crippen LogP contribution in [-0.2, 0) is 11.3 Å². The van der Waals surface area contributed by atoms with Crippen LogP contribution in [0, 0.1) is 6.92 Å². The highest BCUT2D eigenvalue weighted by molar-refractivity contribution is 7.17. The number of amides is 2. The summed E-state index contributed by atoms with van der Waals surface area (Å²) in [6.45, 7) is 3.80. The average molecular weight is 376 g/mol. The molecule has 3 rings (SSSR count). The van der Waals surface area contributed by atoms with E-state index in [0.29, 0.717) is 28.3 Å². The van der Waals surface area contributed by atoms with Gasteiger partial charge in [-0.1, -0.05) is 11.3 Å². The first kappa shape index (κ1) is 18.5. The molecule has 2 amide bonds. The minimum atomic E-state index is -0.102. The molecule has 1 fully saturated rings. The third-order valence-corrected chi connectivity index (χ3v) is 5.51. The minimum absolute atomic E-state index is 0.0978. The number of carbonyl (C=O) groups excluding carboxylic acids is 2. The lowest BCUT2D eigenvalue weighted by molar-refractivity contribution is -0.117. The second-order valence-corrected chi connectivity index (χ2v) is 7.68. The number of hydrogen-bond donors (Lipinski definition) is 1. The van der Waals surface area contributed by atoms with Gasteiger partial charge in [0.1, 0.15) is 4.88 Å². The van der Waals surface area contributed by atoms with Crippen LogP contribution in [0.25, 0.3) is 0 Å². The fourth-order valence-electron chi connectivity index (χ4n) is 3.13. The summed E-state index contributed by atoms with van der Waals surface area (Å²) in [6, 6.07) is 2.22. The summed E-state index contributed by atoms with van der Waals surface area (Å²) in [7, 11) is 3.40. The van der Waals surface area contributed by atoms with Crippen molar-refractivity contribution in [3.8, 4) is 0 Å². The number of likely N-dealkylation sites (tertiary alicyclic amines) is 1. The summed E-state index contributed by atoms with van der Waals surface area (Å²) in [5.74, 6) is -0.200. The van der Waals surface area contributed by atoms with Crippen molar-refractivity contribution in [2.45, 2.75) is 32.4 Å². The Labute approximate surface area is 156 Å². The van der Waals surface area contributed by atoms with Gasteiger partial charge >= 0.3 is 0 Å². The number of rotatable bonds is 6. The molecule has 0 bridgehead atoms. The van der Waals surface area contributed by atoms with E-state index in [9.17, 15) is 9.59 Å². The molecular formula is C17H24N6O2S. The molecule has 0 saturated carbocycles. The van der Waals surface area contributed by atoms with Crippen LogP contribution in [0.3, 0.4) is 0 Å². The fraction of sp³-hybridized carbons (Fsp3) is 0.529. The van der Waals surface area contributed by atoms with E-state index in [0.717, 1.165) is 25.9 Å². The number of nitrogens with zero attached hydrogens (tertiary/aromatic N) is 5. The van der Waals surface area contributed by atoms with Crippen molar-refractivity contribution in [3.63, 3.8) is 0 Å². The minimum Gasteiger partial charge on any atom is -0.344 e. The summed E-state index contributed by atoms with van der Waals surface area (Å²) in [5.41, 5.74) is 0.640. The third kappa shape index (κ3) is 4.28. The monoisotopic (exact) mass is 376 g/mol. The molecule has 1 aliphatic rings. The predicted molar refractivity (Wildman–Crippen MR) is 100 cm³/mol. The summed E-state index contributed by atoms with van der Waals surface area (Å²) in [4.78, 5) is 33.1. The van der Waals surface area contributed by atoms with Crippen molar-refractivity contribution < 1.29 is 9.59 Å². The van der Waals surface area contributed by atoms with E-state index in [1.165, 1.54) is 16.2 Å². The molecule has 0 radical (unpaired) electrons. The largest absolute Gasteiger partial charge is 0.344 e. The molecule has 1 unspecified atom stereocenters. The maximum atomic E-state index is 12.4. The normalized spacial score (nSPS) is 17.4. The maximum absolute atomic E-state index is 12.4. The Kier molecular flexibility index (Phi) is 5.67. The summed E-state index contributed by atoms with van der Waals surface area (Å²) in [6.07, 6.45) is 5.85. The van der Waals surface area contributed by atoms with Crippen molar-refractivity contribution >= 4 is 28.3 Å². The molecule has 140 valence electrons. The Morgan fingerprint density at radius 2 is 2.23 bits per heavy atom. The molecule has 1 N–H and O–H groups in total. The van der Waals surface area contributed by atoms with Crippen LogP contribution in [0.4, 0.5) is 5.13 Å². The van der Waals surface area contributed by atoms with E-state index in [2.05, 4.69) is 20.3 Å². The van der Waals surface area contributed by atoms with Crippen molar-refractivity contribution in [2.75, 3.05) is 32.5 Å². The van der Waals surface area contributed by atoms with Gasteiger partial charge in [0.05, 0.1) is 18.8 Å². The van der Waals surface area contributed by atoms with Crippen LogP contribution in [0.5, 0.6) is 0 Å². The zero-order chi connectivity index (χ0) is 18.7. The SMILES string of the molecule is Cc1nc(NC(=O)CN2CCCC2Cn2cccn2)sc1C(=O)N(C)C. The number of anilines is 1. The van der Waals surface area contributed by atoms with Gasteiger partial charge in [0.25, 0.3) is 5.91 Å². The lowest BCUT2D eigenvalue weighted by Crippen LogP contribution is -2.39. The molecule has 8 nitrogen and oxygen atoms in total. The van der Waals surface area contributed by atoms with Gasteiger partial charge in [-0.2, -0.15) is 5.10 Å². The summed E-state index contributed by atoms with van der Waals surface area (Å²) >= 11 is 1.22. The highest BCUT2D eigenvalue weighted by atomic mass is 32.1. The second kappa shape index (κ2) is 7.96. The molecule has 0 aromatic carbocycles. The van der Waals surface area contributed by atoms with Crippen LogP contribution < -0.4 is 5.32 Å².